The molecule has 3 N–H and O–H groups in total. The Bertz CT molecular complexity index is 513. The van der Waals surface area contributed by atoms with Gasteiger partial charge in [-0.15, -0.1) is 0 Å². The van der Waals surface area contributed by atoms with E-state index in [0.29, 0.717) is 13.0 Å². The fourth-order valence-electron chi connectivity index (χ4n) is 2.20. The molecule has 1 saturated carbocycles. The predicted octanol–water partition coefficient (Wildman–Crippen LogP) is 2.99. The molecule has 0 radical (unpaired) electrons. The van der Waals surface area contributed by atoms with Crippen molar-refractivity contribution < 1.29 is 23.1 Å². The van der Waals surface area contributed by atoms with E-state index in [4.69, 9.17) is 5.11 Å². The first kappa shape index (κ1) is 15.6. The molecule has 0 saturated heterocycles. The third-order valence-electron chi connectivity index (χ3n) is 3.70. The van der Waals surface area contributed by atoms with Gasteiger partial charge in [0.2, 0.25) is 0 Å². The quantitative estimate of drug-likeness (QED) is 0.783. The monoisotopic (exact) mass is 302 g/mol. The van der Waals surface area contributed by atoms with Crippen LogP contribution >= 0.6 is 0 Å². The highest BCUT2D eigenvalue weighted by molar-refractivity contribution is 5.90. The molecule has 2 amide bonds. The molecule has 1 aliphatic carbocycles. The molecule has 1 fully saturated rings. The smallest absolute Gasteiger partial charge is 0.396 e. The Morgan fingerprint density at radius 2 is 1.95 bits per heavy atom. The van der Waals surface area contributed by atoms with Crippen molar-refractivity contribution in [2.24, 2.45) is 5.41 Å². The summed E-state index contributed by atoms with van der Waals surface area (Å²) in [6.07, 6.45) is -2.11. The van der Waals surface area contributed by atoms with Gasteiger partial charge in [0, 0.05) is 13.2 Å². The van der Waals surface area contributed by atoms with Crippen molar-refractivity contribution in [2.75, 3.05) is 18.5 Å². The van der Waals surface area contributed by atoms with Gasteiger partial charge in [0.25, 0.3) is 0 Å². The van der Waals surface area contributed by atoms with Crippen molar-refractivity contribution in [3.05, 3.63) is 29.8 Å². The molecule has 0 unspecified atom stereocenters. The van der Waals surface area contributed by atoms with E-state index in [9.17, 15) is 18.0 Å². The zero-order valence-corrected chi connectivity index (χ0v) is 11.3. The third-order valence-corrected chi connectivity index (χ3v) is 3.70. The Morgan fingerprint density at radius 1 is 1.29 bits per heavy atom. The van der Waals surface area contributed by atoms with Gasteiger partial charge in [0.15, 0.2) is 0 Å². The molecule has 0 spiro atoms. The molecule has 2 rings (SSSR count). The number of urea groups is 1. The summed E-state index contributed by atoms with van der Waals surface area (Å²) in [6.45, 7) is 0.397. The van der Waals surface area contributed by atoms with E-state index in [1.54, 1.807) is 0 Å². The minimum absolute atomic E-state index is 0.0419. The van der Waals surface area contributed by atoms with Crippen LogP contribution in [0.5, 0.6) is 0 Å². The van der Waals surface area contributed by atoms with Crippen LogP contribution in [0.4, 0.5) is 23.7 Å². The average Bonchev–Trinajstić information content (AvgIpc) is 3.17. The highest BCUT2D eigenvalue weighted by atomic mass is 19.4. The number of aliphatic hydroxyl groups excluding tert-OH is 1. The van der Waals surface area contributed by atoms with Gasteiger partial charge in [-0.3, -0.25) is 0 Å². The molecule has 4 nitrogen and oxygen atoms in total. The number of rotatable bonds is 5. The fourth-order valence-corrected chi connectivity index (χ4v) is 2.20. The molecule has 1 aliphatic rings. The highest BCUT2D eigenvalue weighted by Crippen LogP contribution is 2.47. The summed E-state index contributed by atoms with van der Waals surface area (Å²) >= 11 is 0. The summed E-state index contributed by atoms with van der Waals surface area (Å²) in [5.74, 6) is 0. The van der Waals surface area contributed by atoms with Crippen molar-refractivity contribution in [1.29, 1.82) is 0 Å². The average molecular weight is 302 g/mol. The van der Waals surface area contributed by atoms with Crippen LogP contribution in [0.3, 0.4) is 0 Å². The van der Waals surface area contributed by atoms with Crippen molar-refractivity contribution in [2.45, 2.75) is 25.4 Å². The van der Waals surface area contributed by atoms with Gasteiger partial charge in [-0.1, -0.05) is 12.1 Å². The summed E-state index contributed by atoms with van der Waals surface area (Å²) < 4.78 is 38.4. The topological polar surface area (TPSA) is 61.4 Å². The predicted molar refractivity (Wildman–Crippen MR) is 71.8 cm³/mol. The summed E-state index contributed by atoms with van der Waals surface area (Å²) in [4.78, 5) is 11.7. The maximum absolute atomic E-state index is 12.8. The summed E-state index contributed by atoms with van der Waals surface area (Å²) in [6, 6.07) is 4.16. The van der Waals surface area contributed by atoms with Gasteiger partial charge in [0.05, 0.1) is 11.3 Å². The second-order valence-corrected chi connectivity index (χ2v) is 5.32. The van der Waals surface area contributed by atoms with Crippen LogP contribution in [0.2, 0.25) is 0 Å². The molecule has 1 aromatic rings. The Kier molecular flexibility index (Phi) is 4.41. The second kappa shape index (κ2) is 5.93. The maximum Gasteiger partial charge on any atom is 0.418 e. The summed E-state index contributed by atoms with van der Waals surface area (Å²) in [5, 5.41) is 13.7. The van der Waals surface area contributed by atoms with Gasteiger partial charge in [0.1, 0.15) is 0 Å². The van der Waals surface area contributed by atoms with Crippen LogP contribution < -0.4 is 10.6 Å². The van der Waals surface area contributed by atoms with Crippen LogP contribution in [-0.4, -0.2) is 24.3 Å². The first-order valence-corrected chi connectivity index (χ1v) is 6.68. The number of alkyl halides is 3. The van der Waals surface area contributed by atoms with E-state index in [0.717, 1.165) is 18.9 Å². The Morgan fingerprint density at radius 3 is 2.52 bits per heavy atom. The fraction of sp³-hybridized carbons (Fsp3) is 0.500. The number of aliphatic hydroxyl groups is 1. The van der Waals surface area contributed by atoms with E-state index in [1.807, 2.05) is 0 Å². The number of amides is 2. The van der Waals surface area contributed by atoms with Gasteiger partial charge in [-0.05, 0) is 36.8 Å². The van der Waals surface area contributed by atoms with Crippen LogP contribution in [0.25, 0.3) is 0 Å². The zero-order chi connectivity index (χ0) is 15.5. The minimum atomic E-state index is -4.52. The van der Waals surface area contributed by atoms with E-state index >= 15 is 0 Å². The van der Waals surface area contributed by atoms with E-state index in [-0.39, 0.29) is 17.7 Å². The highest BCUT2D eigenvalue weighted by Gasteiger charge is 2.42. The third kappa shape index (κ3) is 4.10. The summed E-state index contributed by atoms with van der Waals surface area (Å²) in [7, 11) is 0. The largest absolute Gasteiger partial charge is 0.418 e. The van der Waals surface area contributed by atoms with Crippen LogP contribution in [0.15, 0.2) is 24.3 Å². The Hall–Kier alpha value is -1.76. The standard InChI is InChI=1S/C14H17F3N2O2/c15-14(16,17)10-3-1-2-4-11(10)19-12(21)18-9-13(5-6-13)7-8-20/h1-4,20H,5-9H2,(H2,18,19,21). The molecule has 0 aliphatic heterocycles. The molecule has 0 atom stereocenters. The van der Waals surface area contributed by atoms with Gasteiger partial charge < -0.3 is 15.7 Å². The molecule has 0 aromatic heterocycles. The first-order chi connectivity index (χ1) is 9.86. The number of anilines is 1. The van der Waals surface area contributed by atoms with Crippen molar-refractivity contribution in [3.63, 3.8) is 0 Å². The van der Waals surface area contributed by atoms with Crippen molar-refractivity contribution >= 4 is 11.7 Å². The second-order valence-electron chi connectivity index (χ2n) is 5.32. The number of carbonyl (C=O) groups excluding carboxylic acids is 1. The van der Waals surface area contributed by atoms with E-state index in [1.165, 1.54) is 18.2 Å². The first-order valence-electron chi connectivity index (χ1n) is 6.68. The Balaban J connectivity index is 1.94. The molecular formula is C14H17F3N2O2. The number of hydrogen-bond acceptors (Lipinski definition) is 2. The molecular weight excluding hydrogens is 285 g/mol. The number of nitrogens with one attached hydrogen (secondary N) is 2. The lowest BCUT2D eigenvalue weighted by Crippen LogP contribution is -2.34. The number of benzene rings is 1. The van der Waals surface area contributed by atoms with Crippen LogP contribution in [0.1, 0.15) is 24.8 Å². The lowest BCUT2D eigenvalue weighted by Gasteiger charge is -2.17. The number of hydrogen-bond donors (Lipinski definition) is 3. The summed E-state index contributed by atoms with van der Waals surface area (Å²) in [5.41, 5.74) is -1.23. The lowest BCUT2D eigenvalue weighted by atomic mass is 10.0. The number of halogens is 3. The molecule has 116 valence electrons. The molecule has 21 heavy (non-hydrogen) atoms. The van der Waals surface area contributed by atoms with Crippen LogP contribution in [0, 0.1) is 5.41 Å². The minimum Gasteiger partial charge on any atom is -0.396 e. The molecule has 7 heteroatoms. The normalized spacial score (nSPS) is 16.4. The maximum atomic E-state index is 12.8. The lowest BCUT2D eigenvalue weighted by molar-refractivity contribution is -0.136. The van der Waals surface area contributed by atoms with E-state index in [2.05, 4.69) is 10.6 Å². The molecule has 0 heterocycles. The molecule has 0 bridgehead atoms. The molecule has 1 aromatic carbocycles. The number of carbonyl (C=O) groups is 1. The Labute approximate surface area is 120 Å². The van der Waals surface area contributed by atoms with Crippen molar-refractivity contribution in [3.8, 4) is 0 Å². The van der Waals surface area contributed by atoms with Gasteiger partial charge >= 0.3 is 12.2 Å². The van der Waals surface area contributed by atoms with Gasteiger partial charge in [-0.2, -0.15) is 13.2 Å². The zero-order valence-electron chi connectivity index (χ0n) is 11.3. The SMILES string of the molecule is O=C(NCC1(CCO)CC1)Nc1ccccc1C(F)(F)F. The van der Waals surface area contributed by atoms with E-state index < -0.39 is 17.8 Å². The number of para-hydroxylation sites is 1. The van der Waals surface area contributed by atoms with Crippen molar-refractivity contribution in [1.82, 2.24) is 5.32 Å². The van der Waals surface area contributed by atoms with Gasteiger partial charge in [-0.25, -0.2) is 4.79 Å². The van der Waals surface area contributed by atoms with Crippen LogP contribution in [-0.2, 0) is 6.18 Å².